The molecule has 2 N–H and O–H groups in total. The summed E-state index contributed by atoms with van der Waals surface area (Å²) in [6, 6.07) is 8.00. The van der Waals surface area contributed by atoms with Crippen LogP contribution in [0, 0.1) is 0 Å². The maximum atomic E-state index is 10.2. The van der Waals surface area contributed by atoms with Gasteiger partial charge in [0.05, 0.1) is 19.6 Å². The van der Waals surface area contributed by atoms with E-state index in [1.165, 1.54) is 47.0 Å². The lowest BCUT2D eigenvalue weighted by Crippen LogP contribution is -1.86. The highest BCUT2D eigenvalue weighted by Gasteiger charge is 2.14. The van der Waals surface area contributed by atoms with Crippen molar-refractivity contribution in [3.63, 3.8) is 0 Å². The number of benzene rings is 2. The molecule has 0 aromatic heterocycles. The molecule has 2 aromatic carbocycles. The van der Waals surface area contributed by atoms with Gasteiger partial charge >= 0.3 is 0 Å². The van der Waals surface area contributed by atoms with E-state index in [1.54, 1.807) is 0 Å². The minimum atomic E-state index is 0.345. The highest BCUT2D eigenvalue weighted by Crippen LogP contribution is 2.43. The summed E-state index contributed by atoms with van der Waals surface area (Å²) in [6.45, 7) is 0. The molecule has 2 aromatic rings. The number of phenolic OH excluding ortho intramolecular Hbond substituents is 2. The van der Waals surface area contributed by atoms with E-state index < -0.39 is 0 Å². The Kier molecular flexibility index (Phi) is 6.32. The molecule has 0 saturated carbocycles. The quantitative estimate of drug-likeness (QED) is 0.663. The average Bonchev–Trinajstić information content (AvgIpc) is 2.55. The Balaban J connectivity index is 2.65. The number of rotatable bonds is 5. The predicted molar refractivity (Wildman–Crippen MR) is 102 cm³/mol. The molecule has 6 heteroatoms. The molecule has 0 aliphatic rings. The second kappa shape index (κ2) is 7.81. The summed E-state index contributed by atoms with van der Waals surface area (Å²) in [7, 11) is 0. The molecule has 0 aliphatic carbocycles. The molecule has 0 heterocycles. The highest BCUT2D eigenvalue weighted by molar-refractivity contribution is 8.00. The Morgan fingerprint density at radius 2 is 0.773 bits per heavy atom. The molecule has 2 rings (SSSR count). The molecule has 2 nitrogen and oxygen atoms in total. The molecule has 0 bridgehead atoms. The molecule has 0 amide bonds. The maximum absolute atomic E-state index is 10.2. The fourth-order valence-electron chi connectivity index (χ4n) is 2.12. The lowest BCUT2D eigenvalue weighted by atomic mass is 10.1. The third kappa shape index (κ3) is 3.50. The van der Waals surface area contributed by atoms with Gasteiger partial charge in [-0.3, -0.25) is 0 Å². The lowest BCUT2D eigenvalue weighted by molar-refractivity contribution is 0.448. The molecular formula is C16H18O2S4. The van der Waals surface area contributed by atoms with Crippen LogP contribution in [0.3, 0.4) is 0 Å². The van der Waals surface area contributed by atoms with Crippen LogP contribution in [0.5, 0.6) is 11.5 Å². The zero-order valence-corrected chi connectivity index (χ0v) is 16.1. The SMILES string of the molecule is CSc1cc(-c2cc(SC)c(O)c(SC)c2)cc(SC)c1O. The molecule has 0 aliphatic heterocycles. The van der Waals surface area contributed by atoms with E-state index in [0.29, 0.717) is 11.5 Å². The average molecular weight is 371 g/mol. The van der Waals surface area contributed by atoms with Crippen LogP contribution in [0.15, 0.2) is 43.8 Å². The first-order valence-electron chi connectivity index (χ1n) is 6.46. The van der Waals surface area contributed by atoms with Gasteiger partial charge in [0.15, 0.2) is 0 Å². The maximum Gasteiger partial charge on any atom is 0.142 e. The molecule has 0 spiro atoms. The molecule has 0 fully saturated rings. The Bertz CT molecular complexity index is 576. The van der Waals surface area contributed by atoms with Gasteiger partial charge in [-0.15, -0.1) is 47.0 Å². The molecule has 0 radical (unpaired) electrons. The monoisotopic (exact) mass is 370 g/mol. The van der Waals surface area contributed by atoms with E-state index >= 15 is 0 Å². The van der Waals surface area contributed by atoms with E-state index in [1.807, 2.05) is 49.3 Å². The number of thioether (sulfide) groups is 4. The van der Waals surface area contributed by atoms with Crippen molar-refractivity contribution < 1.29 is 10.2 Å². The van der Waals surface area contributed by atoms with Crippen LogP contribution >= 0.6 is 47.0 Å². The third-order valence-corrected chi connectivity index (χ3v) is 6.30. The first-order chi connectivity index (χ1) is 10.5. The van der Waals surface area contributed by atoms with Crippen molar-refractivity contribution in [2.75, 3.05) is 25.0 Å². The molecule has 22 heavy (non-hydrogen) atoms. The van der Waals surface area contributed by atoms with Crippen molar-refractivity contribution in [2.45, 2.75) is 19.6 Å². The van der Waals surface area contributed by atoms with Gasteiger partial charge in [-0.05, 0) is 60.4 Å². The first-order valence-corrected chi connectivity index (χ1v) is 11.4. The summed E-state index contributed by atoms with van der Waals surface area (Å²) in [6.07, 6.45) is 7.83. The Morgan fingerprint density at radius 1 is 0.545 bits per heavy atom. The van der Waals surface area contributed by atoms with Crippen LogP contribution in [0.4, 0.5) is 0 Å². The van der Waals surface area contributed by atoms with Gasteiger partial charge in [0.2, 0.25) is 0 Å². The lowest BCUT2D eigenvalue weighted by Gasteiger charge is -2.13. The smallest absolute Gasteiger partial charge is 0.142 e. The summed E-state index contributed by atoms with van der Waals surface area (Å²) in [4.78, 5) is 3.47. The zero-order chi connectivity index (χ0) is 16.3. The second-order valence-electron chi connectivity index (χ2n) is 4.46. The first kappa shape index (κ1) is 17.8. The summed E-state index contributed by atoms with van der Waals surface area (Å²) in [5.41, 5.74) is 2.11. The van der Waals surface area contributed by atoms with Gasteiger partial charge in [-0.1, -0.05) is 0 Å². The van der Waals surface area contributed by atoms with Crippen LogP contribution in [-0.2, 0) is 0 Å². The van der Waals surface area contributed by atoms with Crippen LogP contribution in [0.1, 0.15) is 0 Å². The van der Waals surface area contributed by atoms with Gasteiger partial charge in [-0.25, -0.2) is 0 Å². The van der Waals surface area contributed by atoms with Crippen molar-refractivity contribution >= 4 is 47.0 Å². The fraction of sp³-hybridized carbons (Fsp3) is 0.250. The van der Waals surface area contributed by atoms with Crippen LogP contribution < -0.4 is 0 Å². The summed E-state index contributed by atoms with van der Waals surface area (Å²) in [5.74, 6) is 0.690. The standard InChI is InChI=1S/C16H18O2S4/c1-19-11-5-9(6-12(20-2)15(11)17)10-7-13(21-3)16(18)14(8-10)22-4/h5-8,17-18H,1-4H3. The summed E-state index contributed by atoms with van der Waals surface area (Å²) >= 11 is 6.13. The van der Waals surface area contributed by atoms with E-state index in [4.69, 9.17) is 0 Å². The van der Waals surface area contributed by atoms with Crippen LogP contribution in [-0.4, -0.2) is 35.2 Å². The van der Waals surface area contributed by atoms with Crippen LogP contribution in [0.2, 0.25) is 0 Å². The largest absolute Gasteiger partial charge is 0.506 e. The number of hydrogen-bond acceptors (Lipinski definition) is 6. The second-order valence-corrected chi connectivity index (χ2v) is 7.85. The third-order valence-electron chi connectivity index (χ3n) is 3.29. The summed E-state index contributed by atoms with van der Waals surface area (Å²) in [5, 5.41) is 20.4. The van der Waals surface area contributed by atoms with Gasteiger partial charge in [0.1, 0.15) is 11.5 Å². The zero-order valence-electron chi connectivity index (χ0n) is 12.8. The Hall–Kier alpha value is -0.560. The normalized spacial score (nSPS) is 10.9. The minimum Gasteiger partial charge on any atom is -0.506 e. The van der Waals surface area contributed by atoms with Gasteiger partial charge in [-0.2, -0.15) is 0 Å². The van der Waals surface area contributed by atoms with Crippen molar-refractivity contribution in [3.8, 4) is 22.6 Å². The Morgan fingerprint density at radius 3 is 0.955 bits per heavy atom. The molecular weight excluding hydrogens is 352 g/mol. The van der Waals surface area contributed by atoms with Crippen molar-refractivity contribution in [1.29, 1.82) is 0 Å². The number of aromatic hydroxyl groups is 2. The Labute approximate surface area is 148 Å². The van der Waals surface area contributed by atoms with Gasteiger partial charge < -0.3 is 10.2 Å². The van der Waals surface area contributed by atoms with Gasteiger partial charge in [0.25, 0.3) is 0 Å². The molecule has 0 atom stereocenters. The van der Waals surface area contributed by atoms with Crippen molar-refractivity contribution in [2.24, 2.45) is 0 Å². The molecule has 0 saturated heterocycles. The molecule has 0 unspecified atom stereocenters. The van der Waals surface area contributed by atoms with E-state index in [9.17, 15) is 10.2 Å². The summed E-state index contributed by atoms with van der Waals surface area (Å²) < 4.78 is 0. The number of phenols is 2. The minimum absolute atomic E-state index is 0.345. The van der Waals surface area contributed by atoms with Crippen molar-refractivity contribution in [3.05, 3.63) is 24.3 Å². The topological polar surface area (TPSA) is 40.5 Å². The molecule has 118 valence electrons. The van der Waals surface area contributed by atoms with E-state index in [2.05, 4.69) is 0 Å². The fourth-order valence-corrected chi connectivity index (χ4v) is 4.44. The van der Waals surface area contributed by atoms with Gasteiger partial charge in [0, 0.05) is 0 Å². The predicted octanol–water partition coefficient (Wildman–Crippen LogP) is 5.65. The highest BCUT2D eigenvalue weighted by atomic mass is 32.2. The van der Waals surface area contributed by atoms with E-state index in [0.717, 1.165) is 30.7 Å². The van der Waals surface area contributed by atoms with Crippen LogP contribution in [0.25, 0.3) is 11.1 Å². The van der Waals surface area contributed by atoms with E-state index in [-0.39, 0.29) is 0 Å². The number of hydrogen-bond donors (Lipinski definition) is 2. The van der Waals surface area contributed by atoms with Crippen molar-refractivity contribution in [1.82, 2.24) is 0 Å².